The van der Waals surface area contributed by atoms with E-state index < -0.39 is 17.7 Å². The lowest BCUT2D eigenvalue weighted by Crippen LogP contribution is -2.19. The van der Waals surface area contributed by atoms with Gasteiger partial charge in [0.05, 0.1) is 5.69 Å². The molecule has 0 fully saturated rings. The zero-order chi connectivity index (χ0) is 20.1. The third-order valence-corrected chi connectivity index (χ3v) is 3.61. The molecule has 0 atom stereocenters. The molecule has 27 heavy (non-hydrogen) atoms. The largest absolute Gasteiger partial charge is 0.507 e. The molecule has 0 saturated heterocycles. The lowest BCUT2D eigenvalue weighted by Gasteiger charge is -2.16. The van der Waals surface area contributed by atoms with E-state index in [9.17, 15) is 24.6 Å². The van der Waals surface area contributed by atoms with Crippen LogP contribution in [0.4, 0.5) is 11.4 Å². The van der Waals surface area contributed by atoms with Gasteiger partial charge in [-0.25, -0.2) is 4.79 Å². The van der Waals surface area contributed by atoms with Crippen LogP contribution >= 0.6 is 0 Å². The Morgan fingerprint density at radius 3 is 2.37 bits per heavy atom. The molecule has 0 aliphatic carbocycles. The van der Waals surface area contributed by atoms with E-state index in [1.165, 1.54) is 19.1 Å². The molecule has 0 spiro atoms. The third-order valence-electron chi connectivity index (χ3n) is 3.61. The van der Waals surface area contributed by atoms with Crippen LogP contribution in [-0.4, -0.2) is 42.0 Å². The van der Waals surface area contributed by atoms with Gasteiger partial charge in [0.1, 0.15) is 11.3 Å². The van der Waals surface area contributed by atoms with Crippen LogP contribution in [0.5, 0.6) is 5.75 Å². The molecule has 1 amide bonds. The monoisotopic (exact) mass is 366 g/mol. The smallest absolute Gasteiger partial charge is 0.339 e. The molecule has 0 aliphatic rings. The van der Waals surface area contributed by atoms with Crippen molar-refractivity contribution in [2.24, 2.45) is 0 Å². The van der Waals surface area contributed by atoms with Crippen LogP contribution in [0, 0.1) is 11.8 Å². The Kier molecular flexibility index (Phi) is 5.83. The van der Waals surface area contributed by atoms with Crippen molar-refractivity contribution in [2.45, 2.75) is 6.92 Å². The fourth-order valence-corrected chi connectivity index (χ4v) is 2.25. The number of hydrogen-bond acceptors (Lipinski definition) is 5. The molecular weight excluding hydrogens is 348 g/mol. The number of aromatic hydroxyl groups is 1. The molecule has 0 radical (unpaired) electrons. The summed E-state index contributed by atoms with van der Waals surface area (Å²) in [5.41, 5.74) is 1.73. The molecule has 2 rings (SSSR count). The fourth-order valence-electron chi connectivity index (χ4n) is 2.25. The van der Waals surface area contributed by atoms with E-state index in [1.807, 2.05) is 0 Å². The van der Waals surface area contributed by atoms with Gasteiger partial charge in [-0.2, -0.15) is 0 Å². The number of benzene rings is 2. The van der Waals surface area contributed by atoms with E-state index in [2.05, 4.69) is 17.2 Å². The minimum Gasteiger partial charge on any atom is -0.507 e. The van der Waals surface area contributed by atoms with Gasteiger partial charge in [-0.05, 0) is 24.3 Å². The number of hydrogen-bond donors (Lipinski definition) is 3. The minimum absolute atomic E-state index is 0.243. The molecule has 0 aliphatic heterocycles. The Morgan fingerprint density at radius 2 is 1.78 bits per heavy atom. The summed E-state index contributed by atoms with van der Waals surface area (Å²) in [6.45, 7) is 1.17. The van der Waals surface area contributed by atoms with Gasteiger partial charge < -0.3 is 20.4 Å². The Hall–Kier alpha value is -3.79. The first-order valence-corrected chi connectivity index (χ1v) is 7.90. The summed E-state index contributed by atoms with van der Waals surface area (Å²) >= 11 is 0. The number of carboxylic acids is 1. The number of anilines is 2. The van der Waals surface area contributed by atoms with Crippen LogP contribution in [0.15, 0.2) is 36.4 Å². The average molecular weight is 366 g/mol. The van der Waals surface area contributed by atoms with E-state index in [0.717, 1.165) is 0 Å². The average Bonchev–Trinajstić information content (AvgIpc) is 2.60. The number of nitrogens with zero attached hydrogens (tertiary/aromatic N) is 1. The summed E-state index contributed by atoms with van der Waals surface area (Å²) in [6.07, 6.45) is 0. The molecular formula is C20H18N2O5. The number of nitrogens with one attached hydrogen (secondary N) is 1. The molecule has 138 valence electrons. The number of carbonyl (C=O) groups is 3. The number of carbonyl (C=O) groups excluding carboxylic acids is 2. The first kappa shape index (κ1) is 19.5. The van der Waals surface area contributed by atoms with E-state index in [4.69, 9.17) is 0 Å². The van der Waals surface area contributed by atoms with Gasteiger partial charge in [-0.1, -0.05) is 17.9 Å². The van der Waals surface area contributed by atoms with Gasteiger partial charge >= 0.3 is 5.97 Å². The predicted octanol–water partition coefficient (Wildman–Crippen LogP) is 2.08. The highest BCUT2D eigenvalue weighted by molar-refractivity contribution is 6.39. The van der Waals surface area contributed by atoms with E-state index in [0.29, 0.717) is 22.5 Å². The van der Waals surface area contributed by atoms with Gasteiger partial charge in [-0.3, -0.25) is 9.59 Å². The molecule has 2 aromatic carbocycles. The van der Waals surface area contributed by atoms with Crippen molar-refractivity contribution in [3.8, 4) is 17.6 Å². The van der Waals surface area contributed by atoms with Crippen molar-refractivity contribution < 1.29 is 24.6 Å². The first-order chi connectivity index (χ1) is 12.7. The Labute approximate surface area is 156 Å². The quantitative estimate of drug-likeness (QED) is 0.565. The van der Waals surface area contributed by atoms with Gasteiger partial charge in [-0.15, -0.1) is 0 Å². The molecule has 7 heteroatoms. The van der Waals surface area contributed by atoms with Gasteiger partial charge in [0.25, 0.3) is 5.91 Å². The molecule has 2 aromatic rings. The van der Waals surface area contributed by atoms with Crippen LogP contribution in [0.25, 0.3) is 0 Å². The second-order valence-corrected chi connectivity index (χ2v) is 5.93. The SMILES string of the molecule is CC(=O)C(=O)Nc1cccc(C#Cc2cc(C(=O)O)c(O)cc2N(C)C)c1. The highest BCUT2D eigenvalue weighted by Gasteiger charge is 2.14. The maximum atomic E-state index is 11.5. The number of ketones is 1. The lowest BCUT2D eigenvalue weighted by atomic mass is 10.1. The van der Waals surface area contributed by atoms with Crippen LogP contribution < -0.4 is 10.2 Å². The van der Waals surface area contributed by atoms with Gasteiger partial charge in [0.15, 0.2) is 0 Å². The van der Waals surface area contributed by atoms with Crippen molar-refractivity contribution in [1.82, 2.24) is 0 Å². The van der Waals surface area contributed by atoms with Crippen molar-refractivity contribution in [3.05, 3.63) is 53.1 Å². The molecule has 3 N–H and O–H groups in total. The predicted molar refractivity (Wildman–Crippen MR) is 101 cm³/mol. The first-order valence-electron chi connectivity index (χ1n) is 7.90. The van der Waals surface area contributed by atoms with Crippen molar-refractivity contribution >= 4 is 29.0 Å². The molecule has 7 nitrogen and oxygen atoms in total. The molecule has 0 aromatic heterocycles. The number of rotatable bonds is 4. The van der Waals surface area contributed by atoms with Crippen molar-refractivity contribution in [1.29, 1.82) is 0 Å². The number of phenols is 1. The van der Waals surface area contributed by atoms with Crippen molar-refractivity contribution in [2.75, 3.05) is 24.3 Å². The maximum absolute atomic E-state index is 11.5. The van der Waals surface area contributed by atoms with E-state index in [-0.39, 0.29) is 11.3 Å². The van der Waals surface area contributed by atoms with Crippen LogP contribution in [-0.2, 0) is 9.59 Å². The van der Waals surface area contributed by atoms with E-state index in [1.54, 1.807) is 43.3 Å². The summed E-state index contributed by atoms with van der Waals surface area (Å²) < 4.78 is 0. The zero-order valence-electron chi connectivity index (χ0n) is 15.0. The zero-order valence-corrected chi connectivity index (χ0v) is 15.0. The number of Topliss-reactive ketones (excluding diaryl/α,β-unsaturated/α-hetero) is 1. The maximum Gasteiger partial charge on any atom is 0.339 e. The Bertz CT molecular complexity index is 984. The van der Waals surface area contributed by atoms with Crippen molar-refractivity contribution in [3.63, 3.8) is 0 Å². The van der Waals surface area contributed by atoms with Gasteiger partial charge in [0.2, 0.25) is 5.78 Å². The lowest BCUT2D eigenvalue weighted by molar-refractivity contribution is -0.133. The van der Waals surface area contributed by atoms with Crippen LogP contribution in [0.3, 0.4) is 0 Å². The second kappa shape index (κ2) is 8.06. The summed E-state index contributed by atoms with van der Waals surface area (Å²) in [5.74, 6) is 2.86. The summed E-state index contributed by atoms with van der Waals surface area (Å²) in [4.78, 5) is 35.5. The number of amides is 1. The molecule has 0 saturated carbocycles. The Balaban J connectivity index is 2.42. The highest BCUT2D eigenvalue weighted by atomic mass is 16.4. The van der Waals surface area contributed by atoms with Crippen LogP contribution in [0.2, 0.25) is 0 Å². The minimum atomic E-state index is -1.25. The van der Waals surface area contributed by atoms with E-state index >= 15 is 0 Å². The second-order valence-electron chi connectivity index (χ2n) is 5.93. The third kappa shape index (κ3) is 4.86. The number of carboxylic acid groups (broad SMARTS) is 1. The molecule has 0 bridgehead atoms. The summed E-state index contributed by atoms with van der Waals surface area (Å²) in [6, 6.07) is 9.26. The standard InChI is InChI=1S/C20H18N2O5/c1-12(23)19(25)21-15-6-4-5-13(9-15)7-8-14-10-16(20(26)27)18(24)11-17(14)22(2)3/h4-6,9-11,24H,1-3H3,(H,21,25)(H,26,27). The molecule has 0 heterocycles. The summed E-state index contributed by atoms with van der Waals surface area (Å²) in [7, 11) is 3.50. The normalized spacial score (nSPS) is 9.74. The summed E-state index contributed by atoms with van der Waals surface area (Å²) in [5, 5.41) is 21.5. The fraction of sp³-hybridized carbons (Fsp3) is 0.150. The highest BCUT2D eigenvalue weighted by Crippen LogP contribution is 2.28. The van der Waals surface area contributed by atoms with Gasteiger partial charge in [0, 0.05) is 43.9 Å². The topological polar surface area (TPSA) is 107 Å². The molecule has 0 unspecified atom stereocenters. The Morgan fingerprint density at radius 1 is 1.07 bits per heavy atom. The number of aromatic carboxylic acids is 1. The van der Waals surface area contributed by atoms with Crippen LogP contribution in [0.1, 0.15) is 28.4 Å².